The van der Waals surface area contributed by atoms with Gasteiger partial charge in [0.2, 0.25) is 10.7 Å². The quantitative estimate of drug-likeness (QED) is 0.663. The zero-order valence-corrected chi connectivity index (χ0v) is 15.2. The summed E-state index contributed by atoms with van der Waals surface area (Å²) in [6.45, 7) is 0.415. The van der Waals surface area contributed by atoms with Crippen LogP contribution in [-0.2, 0) is 11.3 Å². The molecule has 0 bridgehead atoms. The summed E-state index contributed by atoms with van der Waals surface area (Å²) >= 11 is 5.27. The highest BCUT2D eigenvalue weighted by molar-refractivity contribution is 7.71. The summed E-state index contributed by atoms with van der Waals surface area (Å²) in [6, 6.07) is 10.7. The summed E-state index contributed by atoms with van der Waals surface area (Å²) in [4.78, 5) is 33.2. The van der Waals surface area contributed by atoms with Crippen molar-refractivity contribution < 1.29 is 9.59 Å². The van der Waals surface area contributed by atoms with Crippen molar-refractivity contribution in [1.82, 2.24) is 19.9 Å². The molecule has 0 saturated heterocycles. The summed E-state index contributed by atoms with van der Waals surface area (Å²) in [5, 5.41) is 6.89. The van der Waals surface area contributed by atoms with Gasteiger partial charge in [-0.2, -0.15) is 0 Å². The van der Waals surface area contributed by atoms with E-state index in [4.69, 9.17) is 12.2 Å². The number of benzene rings is 1. The van der Waals surface area contributed by atoms with Crippen LogP contribution in [-0.4, -0.2) is 32.4 Å². The number of fused-ring (bicyclic) bond motifs is 3. The molecule has 7 nitrogen and oxygen atoms in total. The molecule has 0 fully saturated rings. The van der Waals surface area contributed by atoms with E-state index in [1.807, 2.05) is 36.4 Å². The minimum absolute atomic E-state index is 0.115. The van der Waals surface area contributed by atoms with Crippen molar-refractivity contribution in [2.45, 2.75) is 25.4 Å². The Labute approximate surface area is 160 Å². The van der Waals surface area contributed by atoms with E-state index < -0.39 is 6.04 Å². The fourth-order valence-electron chi connectivity index (χ4n) is 3.13. The second-order valence-electron chi connectivity index (χ2n) is 6.31. The topological polar surface area (TPSA) is 88.9 Å². The SMILES string of the molecule is O=C(CC[C@H]1Nc2c3ccccc3nc(=S)n2C1=O)NCc1cccnc1. The molecule has 2 N–H and O–H groups in total. The van der Waals surface area contributed by atoms with Crippen LogP contribution in [0, 0.1) is 4.77 Å². The molecular weight excluding hydrogens is 362 g/mol. The molecule has 3 heterocycles. The molecule has 0 aliphatic carbocycles. The van der Waals surface area contributed by atoms with Gasteiger partial charge in [-0.3, -0.25) is 14.6 Å². The van der Waals surface area contributed by atoms with Crippen molar-refractivity contribution in [3.8, 4) is 0 Å². The van der Waals surface area contributed by atoms with Gasteiger partial charge in [-0.15, -0.1) is 0 Å². The van der Waals surface area contributed by atoms with Crippen molar-refractivity contribution in [2.75, 3.05) is 5.32 Å². The Bertz CT molecular complexity index is 1080. The number of aromatic nitrogens is 3. The van der Waals surface area contributed by atoms with Crippen LogP contribution in [0.4, 0.5) is 5.82 Å². The Kier molecular flexibility index (Phi) is 4.64. The number of nitrogens with one attached hydrogen (secondary N) is 2. The van der Waals surface area contributed by atoms with Crippen molar-refractivity contribution in [2.24, 2.45) is 0 Å². The molecule has 1 atom stereocenters. The Morgan fingerprint density at radius 3 is 2.93 bits per heavy atom. The van der Waals surface area contributed by atoms with Crippen LogP contribution in [0.2, 0.25) is 0 Å². The van der Waals surface area contributed by atoms with Crippen molar-refractivity contribution >= 4 is 40.8 Å². The number of para-hydroxylation sites is 1. The molecule has 27 heavy (non-hydrogen) atoms. The van der Waals surface area contributed by atoms with Crippen LogP contribution in [0.15, 0.2) is 48.8 Å². The molecule has 2 aromatic heterocycles. The number of carbonyl (C=O) groups is 2. The van der Waals surface area contributed by atoms with Crippen molar-refractivity contribution in [1.29, 1.82) is 0 Å². The predicted octanol–water partition coefficient (Wildman–Crippen LogP) is 2.69. The molecule has 1 aliphatic rings. The molecular formula is C19H17N5O2S. The van der Waals surface area contributed by atoms with Gasteiger partial charge < -0.3 is 10.6 Å². The summed E-state index contributed by atoms with van der Waals surface area (Å²) in [5.41, 5.74) is 1.67. The maximum Gasteiger partial charge on any atom is 0.257 e. The van der Waals surface area contributed by atoms with Gasteiger partial charge in [0.15, 0.2) is 0 Å². The van der Waals surface area contributed by atoms with E-state index in [-0.39, 0.29) is 23.0 Å². The van der Waals surface area contributed by atoms with Gasteiger partial charge in [0, 0.05) is 30.7 Å². The first kappa shape index (κ1) is 17.3. The summed E-state index contributed by atoms with van der Waals surface area (Å²) < 4.78 is 1.65. The van der Waals surface area contributed by atoms with Gasteiger partial charge in [-0.05, 0) is 42.4 Å². The summed E-state index contributed by atoms with van der Waals surface area (Å²) in [6.07, 6.45) is 4.00. The van der Waals surface area contributed by atoms with E-state index >= 15 is 0 Å². The number of hydrogen-bond donors (Lipinski definition) is 2. The lowest BCUT2D eigenvalue weighted by atomic mass is 10.1. The van der Waals surface area contributed by atoms with Crippen LogP contribution in [0.3, 0.4) is 0 Å². The van der Waals surface area contributed by atoms with Gasteiger partial charge in [0.05, 0.1) is 5.52 Å². The monoisotopic (exact) mass is 379 g/mol. The Morgan fingerprint density at radius 1 is 1.26 bits per heavy atom. The average Bonchev–Trinajstić information content (AvgIpc) is 3.03. The molecule has 1 aliphatic heterocycles. The Balaban J connectivity index is 1.43. The van der Waals surface area contributed by atoms with Gasteiger partial charge in [-0.1, -0.05) is 18.2 Å². The van der Waals surface area contributed by atoms with Crippen LogP contribution >= 0.6 is 12.2 Å². The molecule has 8 heteroatoms. The number of amides is 1. The molecule has 0 spiro atoms. The minimum atomic E-state index is -0.497. The third-order valence-corrected chi connectivity index (χ3v) is 4.77. The fourth-order valence-corrected chi connectivity index (χ4v) is 3.41. The van der Waals surface area contributed by atoms with E-state index in [2.05, 4.69) is 20.6 Å². The fraction of sp³-hybridized carbons (Fsp3) is 0.211. The van der Waals surface area contributed by atoms with Gasteiger partial charge in [0.1, 0.15) is 11.9 Å². The van der Waals surface area contributed by atoms with E-state index in [0.717, 1.165) is 16.5 Å². The maximum atomic E-state index is 12.7. The van der Waals surface area contributed by atoms with E-state index in [0.29, 0.717) is 18.8 Å². The normalized spacial score (nSPS) is 15.4. The third-order valence-electron chi connectivity index (χ3n) is 4.49. The highest BCUT2D eigenvalue weighted by Crippen LogP contribution is 2.28. The highest BCUT2D eigenvalue weighted by Gasteiger charge is 2.31. The predicted molar refractivity (Wildman–Crippen MR) is 104 cm³/mol. The van der Waals surface area contributed by atoms with E-state index in [9.17, 15) is 9.59 Å². The Morgan fingerprint density at radius 2 is 2.11 bits per heavy atom. The van der Waals surface area contributed by atoms with E-state index in [1.54, 1.807) is 12.4 Å². The van der Waals surface area contributed by atoms with Gasteiger partial charge >= 0.3 is 0 Å². The number of anilines is 1. The standard InChI is InChI=1S/C19H17N5O2S/c25-16(21-11-12-4-3-9-20-10-12)8-7-15-18(26)24-17(22-15)13-5-1-2-6-14(13)23-19(24)27/h1-6,9-10,15,22H,7-8,11H2,(H,21,25)/t15-/m1/s1. The lowest BCUT2D eigenvalue weighted by molar-refractivity contribution is -0.121. The molecule has 0 unspecified atom stereocenters. The van der Waals surface area contributed by atoms with Crippen LogP contribution in [0.5, 0.6) is 0 Å². The smallest absolute Gasteiger partial charge is 0.257 e. The average molecular weight is 379 g/mol. The third kappa shape index (κ3) is 3.43. The number of nitrogens with zero attached hydrogens (tertiary/aromatic N) is 3. The lowest BCUT2D eigenvalue weighted by Gasteiger charge is -2.09. The van der Waals surface area contributed by atoms with Gasteiger partial charge in [-0.25, -0.2) is 9.55 Å². The molecule has 0 radical (unpaired) electrons. The molecule has 4 rings (SSSR count). The molecule has 0 saturated carbocycles. The van der Waals surface area contributed by atoms with Crippen molar-refractivity contribution in [3.63, 3.8) is 0 Å². The van der Waals surface area contributed by atoms with Gasteiger partial charge in [0.25, 0.3) is 5.91 Å². The summed E-state index contributed by atoms with van der Waals surface area (Å²) in [5.74, 6) is 0.362. The molecule has 1 aromatic carbocycles. The number of rotatable bonds is 5. The van der Waals surface area contributed by atoms with Crippen molar-refractivity contribution in [3.05, 3.63) is 59.1 Å². The van der Waals surface area contributed by atoms with Crippen LogP contribution in [0.1, 0.15) is 23.2 Å². The second kappa shape index (κ2) is 7.24. The molecule has 1 amide bonds. The first-order chi connectivity index (χ1) is 13.1. The van der Waals surface area contributed by atoms with Crippen LogP contribution < -0.4 is 10.6 Å². The minimum Gasteiger partial charge on any atom is -0.359 e. The first-order valence-electron chi connectivity index (χ1n) is 8.61. The largest absolute Gasteiger partial charge is 0.359 e. The zero-order chi connectivity index (χ0) is 18.8. The highest BCUT2D eigenvalue weighted by atomic mass is 32.1. The molecule has 3 aromatic rings. The second-order valence-corrected chi connectivity index (χ2v) is 6.67. The Hall–Kier alpha value is -3.13. The first-order valence-corrected chi connectivity index (χ1v) is 9.02. The maximum absolute atomic E-state index is 12.7. The number of carbonyl (C=O) groups excluding carboxylic acids is 2. The number of pyridine rings is 1. The zero-order valence-electron chi connectivity index (χ0n) is 14.4. The number of hydrogen-bond acceptors (Lipinski definition) is 6. The van der Waals surface area contributed by atoms with E-state index in [1.165, 1.54) is 4.57 Å². The molecule has 136 valence electrons. The van der Waals surface area contributed by atoms with Crippen LogP contribution in [0.25, 0.3) is 10.9 Å². The lowest BCUT2D eigenvalue weighted by Crippen LogP contribution is -2.29. The summed E-state index contributed by atoms with van der Waals surface area (Å²) in [7, 11) is 0.